The van der Waals surface area contributed by atoms with Crippen LogP contribution < -0.4 is 5.30 Å². The van der Waals surface area contributed by atoms with Crippen LogP contribution in [0.2, 0.25) is 5.02 Å². The predicted molar refractivity (Wildman–Crippen MR) is 54.3 cm³/mol. The Morgan fingerprint density at radius 3 is 2.50 bits per heavy atom. The number of hydrogen-bond acceptors (Lipinski definition) is 2. The van der Waals surface area contributed by atoms with Gasteiger partial charge < -0.3 is 5.11 Å². The van der Waals surface area contributed by atoms with E-state index in [1.54, 1.807) is 18.2 Å². The monoisotopic (exact) mass is 204 g/mol. The number of benzene rings is 1. The lowest BCUT2D eigenvalue weighted by Gasteiger charge is -1.95. The van der Waals surface area contributed by atoms with Crippen molar-refractivity contribution in [3.63, 3.8) is 0 Å². The molecule has 0 spiro atoms. The van der Waals surface area contributed by atoms with Gasteiger partial charge in [0.05, 0.1) is 0 Å². The van der Waals surface area contributed by atoms with E-state index in [0.717, 1.165) is 18.7 Å². The van der Waals surface area contributed by atoms with Crippen LogP contribution in [0.3, 0.4) is 0 Å². The van der Waals surface area contributed by atoms with Gasteiger partial charge in [0.1, 0.15) is 0 Å². The molecular formula is C8H10ClO2P. The molecule has 0 bridgehead atoms. The Morgan fingerprint density at radius 1 is 1.50 bits per heavy atom. The highest BCUT2D eigenvalue weighted by Gasteiger charge is 1.95. The van der Waals surface area contributed by atoms with E-state index in [9.17, 15) is 4.79 Å². The lowest BCUT2D eigenvalue weighted by molar-refractivity contribution is 0.112. The Morgan fingerprint density at radius 2 is 2.08 bits per heavy atom. The molecule has 1 rings (SSSR count). The third kappa shape index (κ3) is 3.31. The second kappa shape index (κ2) is 6.13. The summed E-state index contributed by atoms with van der Waals surface area (Å²) in [7, 11) is 3.45. The number of carbonyl (C=O) groups is 1. The molecule has 0 saturated heterocycles. The lowest BCUT2D eigenvalue weighted by Crippen LogP contribution is -1.98. The molecule has 0 heterocycles. The standard InChI is InChI=1S/C7H6ClOP.CH4O/c8-6-2-1-5(4-9)7(10)3-6;1-2/h1-4H,10H2;2H,1H3. The number of hydrogen-bond donors (Lipinski definition) is 1. The molecule has 1 N–H and O–H groups in total. The zero-order valence-corrected chi connectivity index (χ0v) is 8.53. The Labute approximate surface area is 78.8 Å². The molecule has 1 atom stereocenters. The van der Waals surface area contributed by atoms with E-state index in [1.807, 2.05) is 0 Å². The van der Waals surface area contributed by atoms with Crippen molar-refractivity contribution in [1.82, 2.24) is 0 Å². The lowest BCUT2D eigenvalue weighted by atomic mass is 10.2. The largest absolute Gasteiger partial charge is 0.400 e. The van der Waals surface area contributed by atoms with Gasteiger partial charge in [-0.3, -0.25) is 4.79 Å². The molecular weight excluding hydrogens is 195 g/mol. The fraction of sp³-hybridized carbons (Fsp3) is 0.125. The van der Waals surface area contributed by atoms with Gasteiger partial charge >= 0.3 is 0 Å². The Bertz CT molecular complexity index is 263. The van der Waals surface area contributed by atoms with Crippen LogP contribution in [0.5, 0.6) is 0 Å². The summed E-state index contributed by atoms with van der Waals surface area (Å²) < 4.78 is 0. The van der Waals surface area contributed by atoms with Gasteiger partial charge in [0.15, 0.2) is 6.29 Å². The molecule has 0 saturated carbocycles. The second-order valence-electron chi connectivity index (χ2n) is 1.89. The smallest absolute Gasteiger partial charge is 0.150 e. The Kier molecular flexibility index (Phi) is 5.91. The fourth-order valence-electron chi connectivity index (χ4n) is 0.653. The van der Waals surface area contributed by atoms with E-state index >= 15 is 0 Å². The number of aliphatic hydroxyl groups is 1. The van der Waals surface area contributed by atoms with Crippen molar-refractivity contribution in [2.75, 3.05) is 7.11 Å². The predicted octanol–water partition coefficient (Wildman–Crippen LogP) is 1.26. The minimum absolute atomic E-state index is 0.649. The average molecular weight is 205 g/mol. The van der Waals surface area contributed by atoms with Gasteiger partial charge in [-0.15, -0.1) is 9.24 Å². The van der Waals surface area contributed by atoms with Crippen LogP contribution in [0, 0.1) is 0 Å². The van der Waals surface area contributed by atoms with Crippen molar-refractivity contribution in [2.45, 2.75) is 0 Å². The van der Waals surface area contributed by atoms with Crippen LogP contribution in [0.4, 0.5) is 0 Å². The highest BCUT2D eigenvalue weighted by molar-refractivity contribution is 7.27. The number of carbonyl (C=O) groups excluding carboxylic acids is 1. The van der Waals surface area contributed by atoms with Crippen LogP contribution in [0.15, 0.2) is 18.2 Å². The van der Waals surface area contributed by atoms with Crippen LogP contribution in [0.25, 0.3) is 0 Å². The highest BCUT2D eigenvalue weighted by Crippen LogP contribution is 2.08. The van der Waals surface area contributed by atoms with Gasteiger partial charge in [-0.2, -0.15) is 0 Å². The zero-order chi connectivity index (χ0) is 9.56. The molecule has 0 radical (unpaired) electrons. The van der Waals surface area contributed by atoms with Crippen molar-refractivity contribution < 1.29 is 9.90 Å². The van der Waals surface area contributed by atoms with Crippen molar-refractivity contribution in [2.24, 2.45) is 0 Å². The number of halogens is 1. The van der Waals surface area contributed by atoms with Gasteiger partial charge in [0.2, 0.25) is 0 Å². The minimum Gasteiger partial charge on any atom is -0.400 e. The summed E-state index contributed by atoms with van der Waals surface area (Å²) in [5, 5.41) is 8.48. The molecule has 0 aliphatic heterocycles. The normalized spacial score (nSPS) is 8.33. The van der Waals surface area contributed by atoms with Gasteiger partial charge in [-0.25, -0.2) is 0 Å². The molecule has 1 aromatic rings. The Balaban J connectivity index is 0.000000561. The van der Waals surface area contributed by atoms with Crippen molar-refractivity contribution in [1.29, 1.82) is 0 Å². The summed E-state index contributed by atoms with van der Waals surface area (Å²) in [5.74, 6) is 0. The molecule has 0 aliphatic carbocycles. The maximum absolute atomic E-state index is 10.3. The molecule has 12 heavy (non-hydrogen) atoms. The summed E-state index contributed by atoms with van der Waals surface area (Å²) >= 11 is 5.64. The van der Waals surface area contributed by atoms with Crippen molar-refractivity contribution in [3.8, 4) is 0 Å². The van der Waals surface area contributed by atoms with Crippen molar-refractivity contribution in [3.05, 3.63) is 28.8 Å². The minimum atomic E-state index is 0.649. The molecule has 1 unspecified atom stereocenters. The number of aldehydes is 1. The number of aliphatic hydroxyl groups excluding tert-OH is 1. The molecule has 0 aromatic heterocycles. The number of rotatable bonds is 1. The van der Waals surface area contributed by atoms with E-state index in [0.29, 0.717) is 10.6 Å². The maximum atomic E-state index is 10.3. The van der Waals surface area contributed by atoms with Crippen LogP contribution in [-0.2, 0) is 0 Å². The van der Waals surface area contributed by atoms with E-state index in [4.69, 9.17) is 16.7 Å². The van der Waals surface area contributed by atoms with Gasteiger partial charge in [0, 0.05) is 17.7 Å². The highest BCUT2D eigenvalue weighted by atomic mass is 35.5. The van der Waals surface area contributed by atoms with Crippen molar-refractivity contribution >= 4 is 32.4 Å². The first-order valence-corrected chi connectivity index (χ1v) is 4.14. The maximum Gasteiger partial charge on any atom is 0.150 e. The van der Waals surface area contributed by atoms with E-state index in [-0.39, 0.29) is 0 Å². The Hall–Kier alpha value is -0.430. The van der Waals surface area contributed by atoms with Crippen LogP contribution >= 0.6 is 20.8 Å². The summed E-state index contributed by atoms with van der Waals surface area (Å²) in [6.07, 6.45) is 0.804. The van der Waals surface area contributed by atoms with Gasteiger partial charge in [-0.1, -0.05) is 11.6 Å². The molecule has 1 aromatic carbocycles. The molecule has 0 fully saturated rings. The fourth-order valence-corrected chi connectivity index (χ4v) is 1.28. The molecule has 4 heteroatoms. The summed E-state index contributed by atoms with van der Waals surface area (Å²) in [4.78, 5) is 10.3. The first kappa shape index (κ1) is 11.6. The third-order valence-corrected chi connectivity index (χ3v) is 1.91. The van der Waals surface area contributed by atoms with E-state index < -0.39 is 0 Å². The average Bonchev–Trinajstić information content (AvgIpc) is 2.08. The molecule has 0 amide bonds. The van der Waals surface area contributed by atoms with E-state index in [1.165, 1.54) is 0 Å². The molecule has 66 valence electrons. The quantitative estimate of drug-likeness (QED) is 0.553. The topological polar surface area (TPSA) is 37.3 Å². The first-order valence-electron chi connectivity index (χ1n) is 3.19. The van der Waals surface area contributed by atoms with Crippen LogP contribution in [-0.4, -0.2) is 18.5 Å². The van der Waals surface area contributed by atoms with Gasteiger partial charge in [-0.05, 0) is 23.5 Å². The summed E-state index contributed by atoms with van der Waals surface area (Å²) in [6.45, 7) is 0. The van der Waals surface area contributed by atoms with E-state index in [2.05, 4.69) is 9.24 Å². The van der Waals surface area contributed by atoms with Crippen LogP contribution in [0.1, 0.15) is 10.4 Å². The summed E-state index contributed by atoms with van der Waals surface area (Å²) in [5.41, 5.74) is 0.661. The molecule has 0 aliphatic rings. The third-order valence-electron chi connectivity index (χ3n) is 1.18. The second-order valence-corrected chi connectivity index (χ2v) is 2.95. The zero-order valence-electron chi connectivity index (χ0n) is 6.62. The summed E-state index contributed by atoms with van der Waals surface area (Å²) in [6, 6.07) is 5.12. The molecule has 2 nitrogen and oxygen atoms in total. The SMILES string of the molecule is CO.O=Cc1ccc(Cl)cc1P. The first-order chi connectivity index (χ1) is 5.74. The van der Waals surface area contributed by atoms with Gasteiger partial charge in [0.25, 0.3) is 0 Å².